The average Bonchev–Trinajstić information content (AvgIpc) is 3.86. The quantitative estimate of drug-likeness (QED) is 0.171. The van der Waals surface area contributed by atoms with Crippen molar-refractivity contribution in [1.82, 2.24) is 15.0 Å². The number of fused-ring (bicyclic) bond motifs is 6. The van der Waals surface area contributed by atoms with E-state index < -0.39 is 0 Å². The van der Waals surface area contributed by atoms with Crippen LogP contribution in [0, 0.1) is 0 Å². The molecule has 0 radical (unpaired) electrons. The van der Waals surface area contributed by atoms with Gasteiger partial charge in [0.1, 0.15) is 22.3 Å². The Morgan fingerprint density at radius 2 is 0.982 bits per heavy atom. The lowest BCUT2D eigenvalue weighted by molar-refractivity contribution is 0.669. The second-order valence-electron chi connectivity index (χ2n) is 14.0. The molecule has 7 aromatic carbocycles. The van der Waals surface area contributed by atoms with Gasteiger partial charge in [0.25, 0.3) is 0 Å². The number of pyridine rings is 1. The van der Waals surface area contributed by atoms with Crippen molar-refractivity contribution in [3.8, 4) is 67.3 Å². The van der Waals surface area contributed by atoms with Crippen LogP contribution in [0.15, 0.2) is 197 Å². The van der Waals surface area contributed by atoms with Crippen LogP contribution in [0.3, 0.4) is 0 Å². The summed E-state index contributed by atoms with van der Waals surface area (Å²) < 4.78 is 13.2. The van der Waals surface area contributed by atoms with Gasteiger partial charge in [-0.2, -0.15) is 0 Å². The summed E-state index contributed by atoms with van der Waals surface area (Å²) in [6.07, 6.45) is 3.68. The molecule has 0 fully saturated rings. The van der Waals surface area contributed by atoms with Crippen LogP contribution in [0.4, 0.5) is 0 Å². The van der Waals surface area contributed by atoms with Crippen molar-refractivity contribution < 1.29 is 8.83 Å². The van der Waals surface area contributed by atoms with Crippen LogP contribution in [0.5, 0.6) is 0 Å². The number of nitrogens with zero attached hydrogens (tertiary/aromatic N) is 3. The van der Waals surface area contributed by atoms with E-state index in [1.807, 2.05) is 54.7 Å². The first-order valence-electron chi connectivity index (χ1n) is 18.7. The van der Waals surface area contributed by atoms with Crippen LogP contribution >= 0.6 is 0 Å². The van der Waals surface area contributed by atoms with Crippen molar-refractivity contribution in [2.45, 2.75) is 0 Å². The lowest BCUT2D eigenvalue weighted by Gasteiger charge is -2.12. The summed E-state index contributed by atoms with van der Waals surface area (Å²) in [4.78, 5) is 14.6. The molecule has 0 unspecified atom stereocenters. The van der Waals surface area contributed by atoms with Gasteiger partial charge in [0.15, 0.2) is 5.82 Å². The summed E-state index contributed by atoms with van der Waals surface area (Å²) in [7, 11) is 0. The third-order valence-electron chi connectivity index (χ3n) is 10.6. The third-order valence-corrected chi connectivity index (χ3v) is 10.6. The minimum absolute atomic E-state index is 0.655. The van der Waals surface area contributed by atoms with E-state index in [0.717, 1.165) is 105 Å². The van der Waals surface area contributed by atoms with Gasteiger partial charge in [-0.1, -0.05) is 140 Å². The van der Waals surface area contributed by atoms with Gasteiger partial charge in [0.2, 0.25) is 0 Å². The summed E-state index contributed by atoms with van der Waals surface area (Å²) in [5.41, 5.74) is 14.4. The topological polar surface area (TPSA) is 65.0 Å². The highest BCUT2D eigenvalue weighted by atomic mass is 16.3. The molecule has 4 aromatic heterocycles. The zero-order valence-corrected chi connectivity index (χ0v) is 30.1. The van der Waals surface area contributed by atoms with Gasteiger partial charge in [0, 0.05) is 67.3 Å². The molecule has 4 heterocycles. The second-order valence-corrected chi connectivity index (χ2v) is 14.0. The van der Waals surface area contributed by atoms with Crippen LogP contribution < -0.4 is 0 Å². The molecule has 0 N–H and O–H groups in total. The summed E-state index contributed by atoms with van der Waals surface area (Å²) in [5, 5.41) is 4.34. The molecule has 0 spiro atoms. The van der Waals surface area contributed by atoms with Crippen LogP contribution in [0.2, 0.25) is 0 Å². The molecule has 0 atom stereocenters. The fraction of sp³-hybridized carbons (Fsp3) is 0. The molecule has 11 aromatic rings. The van der Waals surface area contributed by atoms with E-state index in [4.69, 9.17) is 18.8 Å². The fourth-order valence-corrected chi connectivity index (χ4v) is 7.91. The molecular formula is C51H31N3O2. The minimum atomic E-state index is 0.655. The number of aromatic nitrogens is 3. The molecule has 5 nitrogen and oxygen atoms in total. The minimum Gasteiger partial charge on any atom is -0.455 e. The summed E-state index contributed by atoms with van der Waals surface area (Å²) >= 11 is 0. The first-order valence-corrected chi connectivity index (χ1v) is 18.7. The van der Waals surface area contributed by atoms with Crippen molar-refractivity contribution in [3.05, 3.63) is 188 Å². The van der Waals surface area contributed by atoms with Crippen molar-refractivity contribution in [1.29, 1.82) is 0 Å². The van der Waals surface area contributed by atoms with Crippen molar-refractivity contribution in [2.24, 2.45) is 0 Å². The molecule has 0 aliphatic rings. The van der Waals surface area contributed by atoms with Gasteiger partial charge in [-0.05, 0) is 53.1 Å². The van der Waals surface area contributed by atoms with E-state index >= 15 is 0 Å². The number of para-hydroxylation sites is 3. The molecule has 0 aliphatic heterocycles. The molecule has 0 aliphatic carbocycles. The predicted molar refractivity (Wildman–Crippen MR) is 227 cm³/mol. The standard InChI is InChI=1S/C51H31N3O2/c1-2-11-33(12-3-1)44-30-45(36-14-8-13-35(29-36)37-15-10-28-52-31-37)54-51(53-44)34-24-22-32(23-25-34)38-26-27-40(48-43-17-5-7-21-47(43)56-50(38)48)42-19-9-18-41-39-16-4-6-20-46(39)55-49(41)42/h1-31H. The molecule has 0 bridgehead atoms. The number of hydrogen-bond donors (Lipinski definition) is 0. The van der Waals surface area contributed by atoms with E-state index in [0.29, 0.717) is 5.82 Å². The second kappa shape index (κ2) is 13.0. The van der Waals surface area contributed by atoms with Gasteiger partial charge in [-0.3, -0.25) is 4.98 Å². The molecule has 11 rings (SSSR count). The first-order chi connectivity index (χ1) is 27.7. The van der Waals surface area contributed by atoms with E-state index in [9.17, 15) is 0 Å². The lowest BCUT2D eigenvalue weighted by atomic mass is 9.93. The highest BCUT2D eigenvalue weighted by molar-refractivity contribution is 6.19. The Morgan fingerprint density at radius 3 is 1.80 bits per heavy atom. The van der Waals surface area contributed by atoms with Gasteiger partial charge >= 0.3 is 0 Å². The molecule has 262 valence electrons. The maximum absolute atomic E-state index is 6.70. The summed E-state index contributed by atoms with van der Waals surface area (Å²) in [6.45, 7) is 0. The van der Waals surface area contributed by atoms with E-state index in [-0.39, 0.29) is 0 Å². The number of furan rings is 2. The van der Waals surface area contributed by atoms with Gasteiger partial charge in [-0.15, -0.1) is 0 Å². The van der Waals surface area contributed by atoms with Crippen LogP contribution in [0.1, 0.15) is 0 Å². The highest BCUT2D eigenvalue weighted by Crippen LogP contribution is 2.45. The highest BCUT2D eigenvalue weighted by Gasteiger charge is 2.21. The fourth-order valence-electron chi connectivity index (χ4n) is 7.91. The number of benzene rings is 7. The maximum atomic E-state index is 6.70. The summed E-state index contributed by atoms with van der Waals surface area (Å²) in [5.74, 6) is 0.655. The normalized spacial score (nSPS) is 11.6. The Morgan fingerprint density at radius 1 is 0.357 bits per heavy atom. The van der Waals surface area contributed by atoms with Crippen LogP contribution in [-0.4, -0.2) is 15.0 Å². The molecule has 56 heavy (non-hydrogen) atoms. The smallest absolute Gasteiger partial charge is 0.160 e. The SMILES string of the molecule is c1ccc(-c2cc(-c3cccc(-c4cccnc4)c3)nc(-c3ccc(-c4ccc(-c5cccc6c5oc5ccccc56)c5c4oc4ccccc45)cc3)n2)cc1. The van der Waals surface area contributed by atoms with Crippen molar-refractivity contribution >= 4 is 43.9 Å². The van der Waals surface area contributed by atoms with Crippen molar-refractivity contribution in [2.75, 3.05) is 0 Å². The van der Waals surface area contributed by atoms with Crippen molar-refractivity contribution in [3.63, 3.8) is 0 Å². The Kier molecular flexibility index (Phi) is 7.42. The first kappa shape index (κ1) is 31.9. The zero-order chi connectivity index (χ0) is 37.0. The third kappa shape index (κ3) is 5.37. The van der Waals surface area contributed by atoms with Crippen LogP contribution in [0.25, 0.3) is 111 Å². The molecule has 0 amide bonds. The Hall–Kier alpha value is -7.63. The molecule has 5 heteroatoms. The van der Waals surface area contributed by atoms with Gasteiger partial charge in [0.05, 0.1) is 11.4 Å². The molecule has 0 saturated heterocycles. The van der Waals surface area contributed by atoms with Gasteiger partial charge < -0.3 is 8.83 Å². The van der Waals surface area contributed by atoms with E-state index in [2.05, 4.69) is 132 Å². The number of hydrogen-bond acceptors (Lipinski definition) is 5. The lowest BCUT2D eigenvalue weighted by Crippen LogP contribution is -1.96. The van der Waals surface area contributed by atoms with E-state index in [1.165, 1.54) is 0 Å². The van der Waals surface area contributed by atoms with E-state index in [1.54, 1.807) is 6.20 Å². The largest absolute Gasteiger partial charge is 0.455 e. The van der Waals surface area contributed by atoms with Crippen LogP contribution in [-0.2, 0) is 0 Å². The average molecular weight is 718 g/mol. The predicted octanol–water partition coefficient (Wildman–Crippen LogP) is 13.7. The Labute approximate surface area is 322 Å². The Bertz CT molecular complexity index is 3240. The molecular weight excluding hydrogens is 687 g/mol. The maximum Gasteiger partial charge on any atom is 0.160 e. The monoisotopic (exact) mass is 717 g/mol. The van der Waals surface area contributed by atoms with Gasteiger partial charge in [-0.25, -0.2) is 9.97 Å². The summed E-state index contributed by atoms with van der Waals surface area (Å²) in [6, 6.07) is 60.5. The molecule has 0 saturated carbocycles. The Balaban J connectivity index is 1.03. The zero-order valence-electron chi connectivity index (χ0n) is 30.1. The number of rotatable bonds is 6.